The normalized spacial score (nSPS) is 12.4. The summed E-state index contributed by atoms with van der Waals surface area (Å²) in [6.45, 7) is 1.75. The van der Waals surface area contributed by atoms with Crippen molar-refractivity contribution in [1.29, 1.82) is 0 Å². The second-order valence-electron chi connectivity index (χ2n) is 4.33. The molecule has 21 heavy (non-hydrogen) atoms. The number of allylic oxidation sites excluding steroid dienone is 1. The standard InChI is InChI=1S/C13H13F2N3O2S/c1-3-4-9-7-11(13(14)15)17-18(9)12-6-5-10(8-16-12)21(2,19)20/h3-8,13H,1-2H3/b4-3+. The summed E-state index contributed by atoms with van der Waals surface area (Å²) in [4.78, 5) is 4.03. The molecule has 0 aliphatic rings. The largest absolute Gasteiger partial charge is 0.282 e. The molecule has 2 heterocycles. The number of sulfone groups is 1. The first-order valence-corrected chi connectivity index (χ1v) is 7.89. The van der Waals surface area contributed by atoms with Gasteiger partial charge in [-0.3, -0.25) is 0 Å². The van der Waals surface area contributed by atoms with Crippen LogP contribution < -0.4 is 0 Å². The first-order chi connectivity index (χ1) is 9.82. The lowest BCUT2D eigenvalue weighted by molar-refractivity contribution is 0.145. The molecule has 8 heteroatoms. The van der Waals surface area contributed by atoms with Crippen LogP contribution in [0.15, 0.2) is 35.4 Å². The molecule has 0 aromatic carbocycles. The maximum Gasteiger partial charge on any atom is 0.282 e. The molecule has 0 aliphatic heterocycles. The Kier molecular flexibility index (Phi) is 4.17. The highest BCUT2D eigenvalue weighted by Gasteiger charge is 2.16. The molecule has 112 valence electrons. The molecule has 0 saturated carbocycles. The van der Waals surface area contributed by atoms with Gasteiger partial charge < -0.3 is 0 Å². The van der Waals surface area contributed by atoms with Crippen LogP contribution in [0.3, 0.4) is 0 Å². The second-order valence-corrected chi connectivity index (χ2v) is 6.35. The van der Waals surface area contributed by atoms with Crippen molar-refractivity contribution in [1.82, 2.24) is 14.8 Å². The molecular weight excluding hydrogens is 300 g/mol. The molecule has 0 fully saturated rings. The van der Waals surface area contributed by atoms with Gasteiger partial charge in [0, 0.05) is 12.5 Å². The minimum absolute atomic E-state index is 0.0556. The third-order valence-corrected chi connectivity index (χ3v) is 3.78. The fourth-order valence-electron chi connectivity index (χ4n) is 1.71. The SMILES string of the molecule is C/C=C/c1cc(C(F)F)nn1-c1ccc(S(C)(=O)=O)cn1. The zero-order valence-electron chi connectivity index (χ0n) is 11.4. The molecular formula is C13H13F2N3O2S. The molecule has 0 bridgehead atoms. The van der Waals surface area contributed by atoms with Crippen LogP contribution in [-0.4, -0.2) is 29.4 Å². The number of hydrogen-bond donors (Lipinski definition) is 0. The van der Waals surface area contributed by atoms with E-state index in [1.165, 1.54) is 29.1 Å². The van der Waals surface area contributed by atoms with Gasteiger partial charge in [-0.15, -0.1) is 0 Å². The van der Waals surface area contributed by atoms with Crippen molar-refractivity contribution in [3.05, 3.63) is 41.9 Å². The van der Waals surface area contributed by atoms with Gasteiger partial charge >= 0.3 is 0 Å². The lowest BCUT2D eigenvalue weighted by Gasteiger charge is -2.04. The Morgan fingerprint density at radius 1 is 1.33 bits per heavy atom. The van der Waals surface area contributed by atoms with Crippen LogP contribution in [0.1, 0.15) is 24.7 Å². The van der Waals surface area contributed by atoms with E-state index in [2.05, 4.69) is 10.1 Å². The second kappa shape index (κ2) is 5.72. The Balaban J connectivity index is 2.50. The Hall–Kier alpha value is -2.09. The van der Waals surface area contributed by atoms with Gasteiger partial charge in [0.2, 0.25) is 0 Å². The minimum Gasteiger partial charge on any atom is -0.236 e. The fourth-order valence-corrected chi connectivity index (χ4v) is 2.27. The zero-order chi connectivity index (χ0) is 15.6. The average molecular weight is 313 g/mol. The van der Waals surface area contributed by atoms with Crippen LogP contribution in [-0.2, 0) is 9.84 Å². The quantitative estimate of drug-likeness (QED) is 0.870. The smallest absolute Gasteiger partial charge is 0.236 e. The molecule has 0 atom stereocenters. The number of pyridine rings is 1. The van der Waals surface area contributed by atoms with Gasteiger partial charge in [-0.2, -0.15) is 5.10 Å². The van der Waals surface area contributed by atoms with E-state index < -0.39 is 16.3 Å². The van der Waals surface area contributed by atoms with E-state index in [4.69, 9.17) is 0 Å². The zero-order valence-corrected chi connectivity index (χ0v) is 12.2. The maximum absolute atomic E-state index is 12.7. The summed E-state index contributed by atoms with van der Waals surface area (Å²) in [6.07, 6.45) is 2.86. The number of rotatable bonds is 4. The monoisotopic (exact) mass is 313 g/mol. The molecule has 2 aromatic heterocycles. The third kappa shape index (κ3) is 3.33. The molecule has 0 saturated heterocycles. The number of nitrogens with zero attached hydrogens (tertiary/aromatic N) is 3. The van der Waals surface area contributed by atoms with E-state index in [1.54, 1.807) is 19.1 Å². The van der Waals surface area contributed by atoms with E-state index in [1.807, 2.05) is 0 Å². The molecule has 0 spiro atoms. The Morgan fingerprint density at radius 3 is 2.52 bits per heavy atom. The topological polar surface area (TPSA) is 64.8 Å². The molecule has 0 radical (unpaired) electrons. The van der Waals surface area contributed by atoms with Gasteiger partial charge in [-0.25, -0.2) is 26.9 Å². The molecule has 5 nitrogen and oxygen atoms in total. The average Bonchev–Trinajstić information content (AvgIpc) is 2.83. The van der Waals surface area contributed by atoms with Crippen molar-refractivity contribution in [2.24, 2.45) is 0 Å². The Labute approximate surface area is 120 Å². The maximum atomic E-state index is 12.7. The van der Waals surface area contributed by atoms with E-state index in [0.29, 0.717) is 5.69 Å². The number of alkyl halides is 2. The molecule has 2 rings (SSSR count). The van der Waals surface area contributed by atoms with E-state index in [9.17, 15) is 17.2 Å². The van der Waals surface area contributed by atoms with Gasteiger partial charge in [-0.1, -0.05) is 6.08 Å². The Morgan fingerprint density at radius 2 is 2.05 bits per heavy atom. The summed E-state index contributed by atoms with van der Waals surface area (Å²) in [5.41, 5.74) is 0.0736. The summed E-state index contributed by atoms with van der Waals surface area (Å²) in [5.74, 6) is 0.266. The lowest BCUT2D eigenvalue weighted by atomic mass is 10.3. The van der Waals surface area contributed by atoms with Crippen LogP contribution in [0, 0.1) is 0 Å². The fraction of sp³-hybridized carbons (Fsp3) is 0.231. The highest BCUT2D eigenvalue weighted by Crippen LogP contribution is 2.21. The number of aromatic nitrogens is 3. The highest BCUT2D eigenvalue weighted by atomic mass is 32.2. The Bertz CT molecular complexity index is 765. The van der Waals surface area contributed by atoms with Crippen LogP contribution >= 0.6 is 0 Å². The van der Waals surface area contributed by atoms with Crippen molar-refractivity contribution in [3.63, 3.8) is 0 Å². The van der Waals surface area contributed by atoms with E-state index in [-0.39, 0.29) is 16.4 Å². The first-order valence-electron chi connectivity index (χ1n) is 6.00. The van der Waals surface area contributed by atoms with E-state index in [0.717, 1.165) is 6.26 Å². The first kappa shape index (κ1) is 15.3. The lowest BCUT2D eigenvalue weighted by Crippen LogP contribution is -2.04. The van der Waals surface area contributed by atoms with Crippen molar-refractivity contribution in [2.45, 2.75) is 18.2 Å². The van der Waals surface area contributed by atoms with Crippen molar-refractivity contribution in [3.8, 4) is 5.82 Å². The van der Waals surface area contributed by atoms with Gasteiger partial charge in [-0.05, 0) is 31.2 Å². The van der Waals surface area contributed by atoms with Crippen molar-refractivity contribution >= 4 is 15.9 Å². The molecule has 0 unspecified atom stereocenters. The predicted molar refractivity (Wildman–Crippen MR) is 74.1 cm³/mol. The van der Waals surface area contributed by atoms with Crippen LogP contribution in [0.25, 0.3) is 11.9 Å². The highest BCUT2D eigenvalue weighted by molar-refractivity contribution is 7.90. The van der Waals surface area contributed by atoms with Crippen LogP contribution in [0.4, 0.5) is 8.78 Å². The predicted octanol–water partition coefficient (Wildman–Crippen LogP) is 2.64. The van der Waals surface area contributed by atoms with Gasteiger partial charge in [0.15, 0.2) is 15.7 Å². The molecule has 0 N–H and O–H groups in total. The summed E-state index contributed by atoms with van der Waals surface area (Å²) in [7, 11) is -3.36. The molecule has 0 amide bonds. The van der Waals surface area contributed by atoms with Crippen LogP contribution in [0.5, 0.6) is 0 Å². The minimum atomic E-state index is -3.36. The van der Waals surface area contributed by atoms with Gasteiger partial charge in [0.25, 0.3) is 6.43 Å². The van der Waals surface area contributed by atoms with Gasteiger partial charge in [0.1, 0.15) is 5.69 Å². The number of hydrogen-bond acceptors (Lipinski definition) is 4. The summed E-state index contributed by atoms with van der Waals surface area (Å²) in [5, 5.41) is 3.79. The number of halogens is 2. The van der Waals surface area contributed by atoms with Crippen molar-refractivity contribution in [2.75, 3.05) is 6.26 Å². The van der Waals surface area contributed by atoms with Gasteiger partial charge in [0.05, 0.1) is 10.6 Å². The van der Waals surface area contributed by atoms with Crippen LogP contribution in [0.2, 0.25) is 0 Å². The van der Waals surface area contributed by atoms with Crippen molar-refractivity contribution < 1.29 is 17.2 Å². The van der Waals surface area contributed by atoms with E-state index >= 15 is 0 Å². The molecule has 2 aromatic rings. The summed E-state index contributed by atoms with van der Waals surface area (Å²) < 4.78 is 49.5. The molecule has 0 aliphatic carbocycles. The summed E-state index contributed by atoms with van der Waals surface area (Å²) >= 11 is 0. The summed E-state index contributed by atoms with van der Waals surface area (Å²) in [6, 6.07) is 4.04. The third-order valence-electron chi connectivity index (χ3n) is 2.68.